The second kappa shape index (κ2) is 10.1. The molecular weight excluding hydrogens is 444 g/mol. The van der Waals surface area contributed by atoms with Crippen LogP contribution in [-0.4, -0.2) is 28.7 Å². The number of anilines is 1. The van der Waals surface area contributed by atoms with Crippen molar-refractivity contribution >= 4 is 34.9 Å². The van der Waals surface area contributed by atoms with E-state index < -0.39 is 0 Å². The molecule has 32 heavy (non-hydrogen) atoms. The lowest BCUT2D eigenvalue weighted by Crippen LogP contribution is -2.41. The first kappa shape index (κ1) is 22.3. The van der Waals surface area contributed by atoms with E-state index in [9.17, 15) is 0 Å². The molecule has 0 spiro atoms. The van der Waals surface area contributed by atoms with E-state index in [1.807, 2.05) is 42.5 Å². The van der Waals surface area contributed by atoms with Gasteiger partial charge in [0.05, 0.1) is 13.2 Å². The molecule has 4 rings (SSSR count). The number of benzene rings is 2. The van der Waals surface area contributed by atoms with Gasteiger partial charge in [-0.1, -0.05) is 54.8 Å². The average molecular weight is 469 g/mol. The minimum absolute atomic E-state index is 0.00740. The molecule has 3 aromatic rings. The van der Waals surface area contributed by atoms with Gasteiger partial charge in [0.25, 0.3) is 0 Å². The standard InChI is InChI=1S/C24H25ClN4O2S/c1-30-20-15-21(31-19-10-3-2-4-11-19)28-22(27-20)29-23(32)26-16-24(12-5-6-13-24)17-8-7-9-18(25)14-17/h2-4,7-11,14-15H,5-6,12-13,16H2,1H3,(H2,26,27,28,29,32). The second-order valence-corrected chi connectivity index (χ2v) is 8.64. The minimum atomic E-state index is 0.00740. The van der Waals surface area contributed by atoms with Gasteiger partial charge >= 0.3 is 0 Å². The predicted molar refractivity (Wildman–Crippen MR) is 131 cm³/mol. The highest BCUT2D eigenvalue weighted by Crippen LogP contribution is 2.41. The number of nitrogens with one attached hydrogen (secondary N) is 2. The molecule has 2 N–H and O–H groups in total. The summed E-state index contributed by atoms with van der Waals surface area (Å²) in [5.41, 5.74) is 1.25. The van der Waals surface area contributed by atoms with E-state index in [0.717, 1.165) is 17.9 Å². The first-order chi connectivity index (χ1) is 15.6. The summed E-state index contributed by atoms with van der Waals surface area (Å²) in [6.45, 7) is 0.705. The van der Waals surface area contributed by atoms with Crippen LogP contribution in [0.4, 0.5) is 5.95 Å². The first-order valence-corrected chi connectivity index (χ1v) is 11.3. The molecule has 8 heteroatoms. The maximum absolute atomic E-state index is 6.26. The van der Waals surface area contributed by atoms with Crippen LogP contribution in [0.15, 0.2) is 60.7 Å². The third kappa shape index (κ3) is 5.47. The topological polar surface area (TPSA) is 68.3 Å². The van der Waals surface area contributed by atoms with Crippen molar-refractivity contribution in [2.24, 2.45) is 0 Å². The van der Waals surface area contributed by atoms with Crippen molar-refractivity contribution < 1.29 is 9.47 Å². The van der Waals surface area contributed by atoms with Crippen molar-refractivity contribution in [3.8, 4) is 17.5 Å². The lowest BCUT2D eigenvalue weighted by Gasteiger charge is -2.30. The fourth-order valence-electron chi connectivity index (χ4n) is 4.06. The maximum atomic E-state index is 6.26. The lowest BCUT2D eigenvalue weighted by molar-refractivity contribution is 0.389. The molecule has 1 aromatic heterocycles. The van der Waals surface area contributed by atoms with E-state index in [1.165, 1.54) is 18.4 Å². The summed E-state index contributed by atoms with van der Waals surface area (Å²) in [4.78, 5) is 8.75. The highest BCUT2D eigenvalue weighted by Gasteiger charge is 2.35. The highest BCUT2D eigenvalue weighted by atomic mass is 35.5. The molecule has 1 aliphatic rings. The van der Waals surface area contributed by atoms with E-state index in [1.54, 1.807) is 13.2 Å². The SMILES string of the molecule is COc1cc(Oc2ccccc2)nc(NC(=S)NCC2(c3cccc(Cl)c3)CCCC2)n1. The summed E-state index contributed by atoms with van der Waals surface area (Å²) in [7, 11) is 1.55. The molecule has 0 bridgehead atoms. The number of hydrogen-bond donors (Lipinski definition) is 2. The van der Waals surface area contributed by atoms with Gasteiger partial charge in [-0.3, -0.25) is 0 Å². The molecule has 0 radical (unpaired) electrons. The van der Waals surface area contributed by atoms with Crippen molar-refractivity contribution in [1.82, 2.24) is 15.3 Å². The molecule has 1 saturated carbocycles. The van der Waals surface area contributed by atoms with Gasteiger partial charge in [0.1, 0.15) is 5.75 Å². The zero-order valence-electron chi connectivity index (χ0n) is 17.8. The van der Waals surface area contributed by atoms with E-state index in [2.05, 4.69) is 32.7 Å². The van der Waals surface area contributed by atoms with Crippen LogP contribution in [0.5, 0.6) is 17.5 Å². The van der Waals surface area contributed by atoms with Crippen molar-refractivity contribution in [1.29, 1.82) is 0 Å². The number of methoxy groups -OCH3 is 1. The largest absolute Gasteiger partial charge is 0.481 e. The van der Waals surface area contributed by atoms with Crippen molar-refractivity contribution in [3.05, 3.63) is 71.2 Å². The molecule has 1 heterocycles. The van der Waals surface area contributed by atoms with E-state index in [0.29, 0.717) is 35.1 Å². The normalized spacial score (nSPS) is 14.6. The van der Waals surface area contributed by atoms with Crippen molar-refractivity contribution in [3.63, 3.8) is 0 Å². The molecule has 2 aromatic carbocycles. The molecule has 1 fully saturated rings. The van der Waals surface area contributed by atoms with Gasteiger partial charge in [-0.25, -0.2) is 0 Å². The Bertz CT molecular complexity index is 1070. The Hall–Kier alpha value is -2.90. The Labute approximate surface area is 198 Å². The quantitative estimate of drug-likeness (QED) is 0.429. The summed E-state index contributed by atoms with van der Waals surface area (Å²) < 4.78 is 11.1. The van der Waals surface area contributed by atoms with E-state index in [4.69, 9.17) is 33.3 Å². The highest BCUT2D eigenvalue weighted by molar-refractivity contribution is 7.80. The Kier molecular flexibility index (Phi) is 7.07. The number of halogens is 1. The fraction of sp³-hybridized carbons (Fsp3) is 0.292. The van der Waals surface area contributed by atoms with E-state index in [-0.39, 0.29) is 5.41 Å². The molecule has 0 aliphatic heterocycles. The van der Waals surface area contributed by atoms with Crippen LogP contribution < -0.4 is 20.1 Å². The molecule has 0 saturated heterocycles. The predicted octanol–water partition coefficient (Wildman–Crippen LogP) is 5.73. The number of thiocarbonyl (C=S) groups is 1. The third-order valence-corrected chi connectivity index (χ3v) is 6.15. The second-order valence-electron chi connectivity index (χ2n) is 7.79. The number of para-hydroxylation sites is 1. The van der Waals surface area contributed by atoms with Crippen LogP contribution in [0, 0.1) is 0 Å². The van der Waals surface area contributed by atoms with Crippen LogP contribution in [0.3, 0.4) is 0 Å². The van der Waals surface area contributed by atoms with Crippen molar-refractivity contribution in [2.75, 3.05) is 19.0 Å². The van der Waals surface area contributed by atoms with Crippen LogP contribution in [0.1, 0.15) is 31.2 Å². The number of rotatable bonds is 7. The molecule has 0 unspecified atom stereocenters. The van der Waals surface area contributed by atoms with Gasteiger partial charge in [-0.2, -0.15) is 9.97 Å². The van der Waals surface area contributed by atoms with Gasteiger partial charge in [-0.15, -0.1) is 0 Å². The van der Waals surface area contributed by atoms with Gasteiger partial charge < -0.3 is 20.1 Å². The summed E-state index contributed by atoms with van der Waals surface area (Å²) >= 11 is 11.8. The Morgan fingerprint density at radius 2 is 1.78 bits per heavy atom. The third-order valence-electron chi connectivity index (χ3n) is 5.66. The Balaban J connectivity index is 1.44. The van der Waals surface area contributed by atoms with Crippen LogP contribution in [0.25, 0.3) is 0 Å². The summed E-state index contributed by atoms with van der Waals surface area (Å²) in [6.07, 6.45) is 4.56. The van der Waals surface area contributed by atoms with Crippen LogP contribution in [-0.2, 0) is 5.41 Å². The smallest absolute Gasteiger partial charge is 0.235 e. The molecule has 166 valence electrons. The summed E-state index contributed by atoms with van der Waals surface area (Å²) in [5.74, 6) is 1.71. The first-order valence-electron chi connectivity index (χ1n) is 10.5. The zero-order valence-corrected chi connectivity index (χ0v) is 19.4. The minimum Gasteiger partial charge on any atom is -0.481 e. The maximum Gasteiger partial charge on any atom is 0.235 e. The van der Waals surface area contributed by atoms with Gasteiger partial charge in [0.2, 0.25) is 17.7 Å². The van der Waals surface area contributed by atoms with Gasteiger partial charge in [-0.05, 0) is 54.9 Å². The fourth-order valence-corrected chi connectivity index (χ4v) is 4.41. The number of nitrogens with zero attached hydrogens (tertiary/aromatic N) is 2. The molecule has 0 atom stereocenters. The number of aromatic nitrogens is 2. The van der Waals surface area contributed by atoms with Gasteiger partial charge in [0, 0.05) is 17.0 Å². The average Bonchev–Trinajstić information content (AvgIpc) is 3.28. The molecular formula is C24H25ClN4O2S. The summed E-state index contributed by atoms with van der Waals surface area (Å²) in [5, 5.41) is 7.61. The number of ether oxygens (including phenoxy) is 2. The Morgan fingerprint density at radius 3 is 2.50 bits per heavy atom. The zero-order chi connectivity index (χ0) is 22.4. The molecule has 0 amide bonds. The van der Waals surface area contributed by atoms with Crippen molar-refractivity contribution in [2.45, 2.75) is 31.1 Å². The van der Waals surface area contributed by atoms with E-state index >= 15 is 0 Å². The lowest BCUT2D eigenvalue weighted by atomic mass is 9.79. The monoisotopic (exact) mass is 468 g/mol. The molecule has 6 nitrogen and oxygen atoms in total. The van der Waals surface area contributed by atoms with Crippen LogP contribution in [0.2, 0.25) is 5.02 Å². The Morgan fingerprint density at radius 1 is 1.03 bits per heavy atom. The van der Waals surface area contributed by atoms with Crippen LogP contribution >= 0.6 is 23.8 Å². The van der Waals surface area contributed by atoms with Gasteiger partial charge in [0.15, 0.2) is 5.11 Å². The molecule has 1 aliphatic carbocycles. The summed E-state index contributed by atoms with van der Waals surface area (Å²) in [6, 6.07) is 19.2. The number of hydrogen-bond acceptors (Lipinski definition) is 5.